The number of carbonyl (C=O) groups excluding carboxylic acids is 2. The van der Waals surface area contributed by atoms with Crippen molar-refractivity contribution in [2.24, 2.45) is 0 Å². The lowest BCUT2D eigenvalue weighted by Gasteiger charge is -2.33. The topological polar surface area (TPSA) is 62.3 Å². The minimum Gasteiger partial charge on any atom is -0.351 e. The monoisotopic (exact) mass is 467 g/mol. The summed E-state index contributed by atoms with van der Waals surface area (Å²) in [6.45, 7) is 0.270. The summed E-state index contributed by atoms with van der Waals surface area (Å²) in [5.74, 6) is -0.309. The van der Waals surface area contributed by atoms with Crippen molar-refractivity contribution >= 4 is 34.8 Å². The molecule has 5 nitrogen and oxygen atoms in total. The first-order valence-electron chi connectivity index (χ1n) is 10.9. The lowest BCUT2D eigenvalue weighted by Crippen LogP contribution is -2.46. The molecule has 0 spiro atoms. The van der Waals surface area contributed by atoms with Crippen molar-refractivity contribution in [3.63, 3.8) is 0 Å². The van der Waals surface area contributed by atoms with Crippen molar-refractivity contribution in [1.29, 1.82) is 0 Å². The molecule has 0 unspecified atom stereocenters. The van der Waals surface area contributed by atoms with Gasteiger partial charge in [-0.3, -0.25) is 14.6 Å². The zero-order valence-corrected chi connectivity index (χ0v) is 19.3. The van der Waals surface area contributed by atoms with Crippen molar-refractivity contribution < 1.29 is 9.59 Å². The average molecular weight is 468 g/mol. The molecule has 1 fully saturated rings. The summed E-state index contributed by atoms with van der Waals surface area (Å²) < 4.78 is 0. The minimum atomic E-state index is -0.822. The highest BCUT2D eigenvalue weighted by Crippen LogP contribution is 2.31. The Kier molecular flexibility index (Phi) is 7.55. The van der Waals surface area contributed by atoms with Gasteiger partial charge in [-0.05, 0) is 42.0 Å². The second-order valence-corrected chi connectivity index (χ2v) is 9.49. The van der Waals surface area contributed by atoms with E-state index in [1.165, 1.54) is 11.3 Å². The molecule has 1 atom stereocenters. The maximum absolute atomic E-state index is 13.6. The van der Waals surface area contributed by atoms with Crippen LogP contribution in [0.3, 0.4) is 0 Å². The number of amides is 2. The van der Waals surface area contributed by atoms with Gasteiger partial charge in [-0.1, -0.05) is 54.8 Å². The summed E-state index contributed by atoms with van der Waals surface area (Å²) in [5, 5.41) is 5.60. The lowest BCUT2D eigenvalue weighted by atomic mass is 10.0. The third-order valence-corrected chi connectivity index (χ3v) is 6.98. The van der Waals surface area contributed by atoms with Gasteiger partial charge < -0.3 is 10.2 Å². The van der Waals surface area contributed by atoms with E-state index in [4.69, 9.17) is 11.6 Å². The fourth-order valence-corrected chi connectivity index (χ4v) is 5.11. The van der Waals surface area contributed by atoms with E-state index >= 15 is 0 Å². The number of hydrogen-bond donors (Lipinski definition) is 1. The van der Waals surface area contributed by atoms with Crippen LogP contribution in [0.1, 0.15) is 47.7 Å². The van der Waals surface area contributed by atoms with Gasteiger partial charge in [0.05, 0.1) is 6.42 Å². The summed E-state index contributed by atoms with van der Waals surface area (Å²) in [4.78, 5) is 34.0. The number of halogens is 1. The highest BCUT2D eigenvalue weighted by molar-refractivity contribution is 7.10. The van der Waals surface area contributed by atoms with Crippen molar-refractivity contribution in [3.8, 4) is 0 Å². The summed E-state index contributed by atoms with van der Waals surface area (Å²) in [6.07, 6.45) is 7.80. The Labute approximate surface area is 197 Å². The second kappa shape index (κ2) is 10.7. The van der Waals surface area contributed by atoms with Crippen LogP contribution in [-0.4, -0.2) is 27.7 Å². The second-order valence-electron chi connectivity index (χ2n) is 8.05. The van der Waals surface area contributed by atoms with Crippen molar-refractivity contribution in [3.05, 3.63) is 87.3 Å². The van der Waals surface area contributed by atoms with Gasteiger partial charge in [0.2, 0.25) is 11.8 Å². The fourth-order valence-electron chi connectivity index (χ4n) is 4.17. The van der Waals surface area contributed by atoms with Gasteiger partial charge in [-0.25, -0.2) is 0 Å². The number of aromatic nitrogens is 1. The van der Waals surface area contributed by atoms with Crippen LogP contribution < -0.4 is 5.32 Å². The number of rotatable bonds is 8. The van der Waals surface area contributed by atoms with Crippen LogP contribution in [0, 0.1) is 0 Å². The predicted molar refractivity (Wildman–Crippen MR) is 127 cm³/mol. The van der Waals surface area contributed by atoms with Crippen LogP contribution in [0.5, 0.6) is 0 Å². The normalized spacial score (nSPS) is 14.8. The van der Waals surface area contributed by atoms with Crippen LogP contribution in [0.4, 0.5) is 0 Å². The molecule has 4 rings (SSSR count). The Bertz CT molecular complexity index is 1040. The van der Waals surface area contributed by atoms with E-state index in [1.54, 1.807) is 23.4 Å². The van der Waals surface area contributed by atoms with Gasteiger partial charge in [-0.2, -0.15) is 0 Å². The Morgan fingerprint density at radius 3 is 2.62 bits per heavy atom. The molecule has 1 aliphatic rings. The molecule has 0 saturated heterocycles. The number of nitrogens with one attached hydrogen (secondary N) is 1. The molecule has 166 valence electrons. The number of carbonyl (C=O) groups is 2. The summed E-state index contributed by atoms with van der Waals surface area (Å²) in [6, 6.07) is 14.2. The number of pyridine rings is 1. The van der Waals surface area contributed by atoms with E-state index in [0.717, 1.165) is 36.1 Å². The Morgan fingerprint density at radius 2 is 1.94 bits per heavy atom. The molecule has 1 N–H and O–H groups in total. The third-order valence-electron chi connectivity index (χ3n) is 5.76. The van der Waals surface area contributed by atoms with E-state index < -0.39 is 6.04 Å². The standard InChI is InChI=1S/C25H26ClN3O2S/c26-22-12-4-3-11-21(22)24(25(31)28-19-8-1-2-9-19)29(17-18-7-5-13-27-16-18)23(30)15-20-10-6-14-32-20/h3-7,10-14,16,19,24H,1-2,8-9,15,17H2,(H,28,31)/t24-/m1/s1. The first-order valence-corrected chi connectivity index (χ1v) is 12.1. The molecule has 0 aliphatic heterocycles. The van der Waals surface area contributed by atoms with E-state index in [-0.39, 0.29) is 30.8 Å². The van der Waals surface area contributed by atoms with E-state index in [0.29, 0.717) is 10.6 Å². The molecule has 2 aromatic heterocycles. The van der Waals surface area contributed by atoms with Crippen LogP contribution in [0.15, 0.2) is 66.3 Å². The Balaban J connectivity index is 1.70. The van der Waals surface area contributed by atoms with E-state index in [9.17, 15) is 9.59 Å². The third kappa shape index (κ3) is 5.56. The highest BCUT2D eigenvalue weighted by Gasteiger charge is 2.34. The van der Waals surface area contributed by atoms with Gasteiger partial charge in [-0.15, -0.1) is 11.3 Å². The molecule has 0 bridgehead atoms. The largest absolute Gasteiger partial charge is 0.351 e. The van der Waals surface area contributed by atoms with E-state index in [2.05, 4.69) is 10.3 Å². The van der Waals surface area contributed by atoms with E-state index in [1.807, 2.05) is 47.8 Å². The molecule has 2 amide bonds. The van der Waals surface area contributed by atoms with Gasteiger partial charge in [0, 0.05) is 40.4 Å². The highest BCUT2D eigenvalue weighted by atomic mass is 35.5. The quantitative estimate of drug-likeness (QED) is 0.497. The van der Waals surface area contributed by atoms with Crippen LogP contribution >= 0.6 is 22.9 Å². The molecular formula is C25H26ClN3O2S. The summed E-state index contributed by atoms with van der Waals surface area (Å²) in [5.41, 5.74) is 1.49. The number of nitrogens with zero attached hydrogens (tertiary/aromatic N) is 2. The molecule has 2 heterocycles. The zero-order valence-electron chi connectivity index (χ0n) is 17.7. The maximum Gasteiger partial charge on any atom is 0.247 e. The van der Waals surface area contributed by atoms with Gasteiger partial charge in [0.1, 0.15) is 6.04 Å². The molecule has 32 heavy (non-hydrogen) atoms. The van der Waals surface area contributed by atoms with Gasteiger partial charge in [0.25, 0.3) is 0 Å². The number of benzene rings is 1. The van der Waals surface area contributed by atoms with Crippen molar-refractivity contribution in [2.75, 3.05) is 0 Å². The first kappa shape index (κ1) is 22.5. The average Bonchev–Trinajstić information content (AvgIpc) is 3.50. The Hall–Kier alpha value is -2.70. The summed E-state index contributed by atoms with van der Waals surface area (Å²) in [7, 11) is 0. The first-order chi connectivity index (χ1) is 15.6. The van der Waals surface area contributed by atoms with Crippen molar-refractivity contribution in [2.45, 2.75) is 50.7 Å². The molecule has 7 heteroatoms. The molecule has 1 saturated carbocycles. The van der Waals surface area contributed by atoms with Gasteiger partial charge in [0.15, 0.2) is 0 Å². The number of hydrogen-bond acceptors (Lipinski definition) is 4. The van der Waals surface area contributed by atoms with Gasteiger partial charge >= 0.3 is 0 Å². The SMILES string of the molecule is O=C(NC1CCCC1)[C@@H](c1ccccc1Cl)N(Cc1cccnc1)C(=O)Cc1cccs1. The van der Waals surface area contributed by atoms with Crippen LogP contribution in [0.2, 0.25) is 5.02 Å². The maximum atomic E-state index is 13.6. The predicted octanol–water partition coefficient (Wildman–Crippen LogP) is 5.17. The molecule has 1 aliphatic carbocycles. The molecule has 1 aromatic carbocycles. The zero-order chi connectivity index (χ0) is 22.3. The van der Waals surface area contributed by atoms with Crippen molar-refractivity contribution in [1.82, 2.24) is 15.2 Å². The molecule has 3 aromatic rings. The fraction of sp³-hybridized carbons (Fsp3) is 0.320. The minimum absolute atomic E-state index is 0.122. The van der Waals surface area contributed by atoms with Crippen LogP contribution in [-0.2, 0) is 22.6 Å². The summed E-state index contributed by atoms with van der Waals surface area (Å²) >= 11 is 8.08. The number of thiophene rings is 1. The Morgan fingerprint density at radius 1 is 1.12 bits per heavy atom. The molecule has 0 radical (unpaired) electrons. The molecular weight excluding hydrogens is 442 g/mol. The smallest absolute Gasteiger partial charge is 0.247 e. The van der Waals surface area contributed by atoms with Crippen LogP contribution in [0.25, 0.3) is 0 Å². The lowest BCUT2D eigenvalue weighted by molar-refractivity contribution is -0.141.